The van der Waals surface area contributed by atoms with Crippen molar-refractivity contribution < 1.29 is 57.0 Å². The number of methoxy groups -OCH3 is 4. The SMILES string of the molecule is CCOc1ccc(-c2cc3cc(OC)c(OC)cc3c(/C=C/c3ccc(OC)c(OC)c3)[o+]2)cc1.[O-][Cl+3]([O-])([O-])[O-]. The van der Waals surface area contributed by atoms with E-state index in [9.17, 15) is 0 Å². The van der Waals surface area contributed by atoms with Crippen LogP contribution < -0.4 is 42.3 Å². The maximum Gasteiger partial charge on any atom is 0.361 e. The van der Waals surface area contributed by atoms with Crippen molar-refractivity contribution in [2.75, 3.05) is 35.0 Å². The third-order valence-corrected chi connectivity index (χ3v) is 5.61. The van der Waals surface area contributed by atoms with Crippen LogP contribution in [0.2, 0.25) is 0 Å². The lowest BCUT2D eigenvalue weighted by Gasteiger charge is -2.17. The van der Waals surface area contributed by atoms with E-state index in [4.69, 9.17) is 46.7 Å². The third kappa shape index (κ3) is 8.22. The van der Waals surface area contributed by atoms with Crippen LogP contribution in [-0.4, -0.2) is 35.0 Å². The predicted octanol–water partition coefficient (Wildman–Crippen LogP) is 2.23. The summed E-state index contributed by atoms with van der Waals surface area (Å²) in [5.41, 5.74) is 1.88. The van der Waals surface area contributed by atoms with Gasteiger partial charge in [-0.3, -0.25) is 0 Å². The Morgan fingerprint density at radius 1 is 0.700 bits per heavy atom. The molecule has 0 fully saturated rings. The topological polar surface area (TPSA) is 150 Å². The third-order valence-electron chi connectivity index (χ3n) is 5.61. The zero-order valence-corrected chi connectivity index (χ0v) is 23.4. The molecule has 0 atom stereocenters. The van der Waals surface area contributed by atoms with Gasteiger partial charge in [0.1, 0.15) is 5.75 Å². The van der Waals surface area contributed by atoms with Crippen LogP contribution in [0, 0.1) is 10.2 Å². The second-order valence-electron chi connectivity index (χ2n) is 8.05. The summed E-state index contributed by atoms with van der Waals surface area (Å²) in [6.07, 6.45) is 3.91. The van der Waals surface area contributed by atoms with Crippen LogP contribution >= 0.6 is 0 Å². The lowest BCUT2D eigenvalue weighted by molar-refractivity contribution is -2.00. The molecule has 1 aromatic heterocycles. The van der Waals surface area contributed by atoms with Gasteiger partial charge in [-0.25, -0.2) is 23.1 Å². The summed E-state index contributed by atoms with van der Waals surface area (Å²) in [5, 5.41) is 1.86. The van der Waals surface area contributed by atoms with Gasteiger partial charge in [-0.1, -0.05) is 6.07 Å². The molecule has 0 unspecified atom stereocenters. The molecule has 0 radical (unpaired) electrons. The molecule has 1 heterocycles. The molecule has 0 aliphatic rings. The number of hydrogen-bond donors (Lipinski definition) is 0. The maximum absolute atomic E-state index is 8.49. The average molecular weight is 573 g/mol. The summed E-state index contributed by atoms with van der Waals surface area (Å²) in [7, 11) is 1.54. The van der Waals surface area contributed by atoms with Crippen LogP contribution in [0.1, 0.15) is 18.2 Å². The molecule has 0 spiro atoms. The zero-order valence-electron chi connectivity index (χ0n) is 22.6. The van der Waals surface area contributed by atoms with Gasteiger partial charge < -0.3 is 23.7 Å². The van der Waals surface area contributed by atoms with E-state index in [1.54, 1.807) is 28.4 Å². The fourth-order valence-corrected chi connectivity index (χ4v) is 3.85. The smallest absolute Gasteiger partial charge is 0.361 e. The van der Waals surface area contributed by atoms with Crippen LogP contribution in [0.25, 0.3) is 34.2 Å². The molecule has 0 N–H and O–H groups in total. The van der Waals surface area contributed by atoms with Gasteiger partial charge in [-0.05, 0) is 61.0 Å². The summed E-state index contributed by atoms with van der Waals surface area (Å²) in [5.74, 6) is 4.84. The van der Waals surface area contributed by atoms with Crippen LogP contribution in [-0.2, 0) is 0 Å². The van der Waals surface area contributed by atoms with E-state index < -0.39 is 10.2 Å². The van der Waals surface area contributed by atoms with E-state index >= 15 is 0 Å². The Morgan fingerprint density at radius 2 is 1.27 bits per heavy atom. The van der Waals surface area contributed by atoms with Crippen LogP contribution in [0.15, 0.2) is 65.1 Å². The molecule has 0 amide bonds. The van der Waals surface area contributed by atoms with Crippen LogP contribution in [0.3, 0.4) is 0 Å². The number of ether oxygens (including phenoxy) is 5. The average Bonchev–Trinajstić information content (AvgIpc) is 2.94. The van der Waals surface area contributed by atoms with Crippen molar-refractivity contribution in [3.05, 3.63) is 72.0 Å². The predicted molar refractivity (Wildman–Crippen MR) is 139 cm³/mol. The largest absolute Gasteiger partial charge is 0.494 e. The quantitative estimate of drug-likeness (QED) is 0.273. The summed E-state index contributed by atoms with van der Waals surface area (Å²) in [6.45, 7) is 2.58. The van der Waals surface area contributed by atoms with Gasteiger partial charge in [0, 0.05) is 17.5 Å². The number of rotatable bonds is 9. The molecular formula is C29H29ClO10. The van der Waals surface area contributed by atoms with Crippen molar-refractivity contribution in [3.63, 3.8) is 0 Å². The highest BCUT2D eigenvalue weighted by atomic mass is 35.7. The summed E-state index contributed by atoms with van der Waals surface area (Å²) in [6, 6.07) is 19.5. The van der Waals surface area contributed by atoms with Crippen LogP contribution in [0.4, 0.5) is 0 Å². The number of halogens is 1. The molecule has 0 saturated heterocycles. The Bertz CT molecular complexity index is 1440. The normalized spacial score (nSPS) is 11.1. The molecule has 4 aromatic rings. The molecule has 4 rings (SSSR count). The van der Waals surface area contributed by atoms with Crippen molar-refractivity contribution in [3.8, 4) is 40.1 Å². The first kappa shape index (κ1) is 30.5. The van der Waals surface area contributed by atoms with Gasteiger partial charge in [0.2, 0.25) is 0 Å². The molecule has 40 heavy (non-hydrogen) atoms. The zero-order chi connectivity index (χ0) is 29.3. The Labute approximate surface area is 233 Å². The highest BCUT2D eigenvalue weighted by Crippen LogP contribution is 2.37. The first-order valence-electron chi connectivity index (χ1n) is 11.9. The maximum atomic E-state index is 8.49. The number of benzene rings is 3. The molecule has 0 aliphatic carbocycles. The van der Waals surface area contributed by atoms with Crippen molar-refractivity contribution in [2.24, 2.45) is 0 Å². The lowest BCUT2D eigenvalue weighted by atomic mass is 10.0. The van der Waals surface area contributed by atoms with E-state index in [1.165, 1.54) is 0 Å². The highest BCUT2D eigenvalue weighted by Gasteiger charge is 2.21. The molecule has 0 aliphatic heterocycles. The summed E-state index contributed by atoms with van der Waals surface area (Å²) >= 11 is 0. The van der Waals surface area contributed by atoms with Gasteiger partial charge in [-0.15, -0.1) is 10.2 Å². The van der Waals surface area contributed by atoms with E-state index in [0.29, 0.717) is 35.4 Å². The van der Waals surface area contributed by atoms with E-state index in [2.05, 4.69) is 0 Å². The molecule has 212 valence electrons. The van der Waals surface area contributed by atoms with Crippen LogP contribution in [0.5, 0.6) is 28.7 Å². The molecule has 3 aromatic carbocycles. The Balaban J connectivity index is 0.000000810. The standard InChI is InChI=1S/C29H29O6.ClHO4/c1-6-34-22-11-9-20(10-12-22)26-16-21-17-28(32-4)29(33-5)18-23(21)24(35-26)13-7-19-8-14-25(30-2)27(15-19)31-3;2-1(3,4)5/h7-18H,6H2,1-5H3;(H,2,3,4,5)/q+1;/p-1/b13-7+;. The minimum absolute atomic E-state index is 0.617. The minimum atomic E-state index is -4.94. The summed E-state index contributed by atoms with van der Waals surface area (Å²) in [4.78, 5) is 0. The molecule has 10 nitrogen and oxygen atoms in total. The van der Waals surface area contributed by atoms with Gasteiger partial charge in [0.05, 0.1) is 52.1 Å². The van der Waals surface area contributed by atoms with Crippen molar-refractivity contribution in [1.82, 2.24) is 0 Å². The Kier molecular flexibility index (Phi) is 10.5. The van der Waals surface area contributed by atoms with Crippen molar-refractivity contribution >= 4 is 22.9 Å². The fraction of sp³-hybridized carbons (Fsp3) is 0.207. The number of hydrogen-bond acceptors (Lipinski definition) is 9. The molecular weight excluding hydrogens is 544 g/mol. The monoisotopic (exact) mass is 572 g/mol. The van der Waals surface area contributed by atoms with Crippen molar-refractivity contribution in [2.45, 2.75) is 6.92 Å². The second-order valence-corrected chi connectivity index (χ2v) is 8.81. The Hall–Kier alpha value is -4.06. The van der Waals surface area contributed by atoms with Gasteiger partial charge in [0.25, 0.3) is 0 Å². The van der Waals surface area contributed by atoms with E-state index in [1.807, 2.05) is 79.7 Å². The molecule has 0 bridgehead atoms. The molecule has 11 heteroatoms. The minimum Gasteiger partial charge on any atom is -0.494 e. The fourth-order valence-electron chi connectivity index (χ4n) is 3.85. The summed E-state index contributed by atoms with van der Waals surface area (Å²) < 4.78 is 67.8. The number of fused-ring (bicyclic) bond motifs is 1. The first-order valence-corrected chi connectivity index (χ1v) is 13.1. The van der Waals surface area contributed by atoms with E-state index in [-0.39, 0.29) is 0 Å². The molecule has 0 saturated carbocycles. The Morgan fingerprint density at radius 3 is 1.85 bits per heavy atom. The second kappa shape index (κ2) is 13.8. The first-order chi connectivity index (χ1) is 19.1. The van der Waals surface area contributed by atoms with Crippen molar-refractivity contribution in [1.29, 1.82) is 0 Å². The van der Waals surface area contributed by atoms with Gasteiger partial charge >= 0.3 is 11.5 Å². The van der Waals surface area contributed by atoms with E-state index in [0.717, 1.165) is 33.4 Å². The van der Waals surface area contributed by atoms with Gasteiger partial charge in [-0.2, -0.15) is 0 Å². The van der Waals surface area contributed by atoms with Gasteiger partial charge in [0.15, 0.2) is 23.0 Å². The highest BCUT2D eigenvalue weighted by molar-refractivity contribution is 5.94. The lowest BCUT2D eigenvalue weighted by Crippen LogP contribution is -2.68.